The SMILES string of the molecule is CC(C)CSc1nnc(NC[C@@H]2CCCO2)s1. The fourth-order valence-electron chi connectivity index (χ4n) is 1.58. The zero-order chi connectivity index (χ0) is 12.1. The lowest BCUT2D eigenvalue weighted by Gasteiger charge is -2.08. The van der Waals surface area contributed by atoms with Crippen LogP contribution in [0.15, 0.2) is 4.34 Å². The van der Waals surface area contributed by atoms with E-state index < -0.39 is 0 Å². The van der Waals surface area contributed by atoms with Gasteiger partial charge in [0.1, 0.15) is 0 Å². The third-order valence-electron chi connectivity index (χ3n) is 2.45. The lowest BCUT2D eigenvalue weighted by atomic mass is 10.2. The monoisotopic (exact) mass is 273 g/mol. The predicted octanol–water partition coefficient (Wildman–Crippen LogP) is 2.88. The summed E-state index contributed by atoms with van der Waals surface area (Å²) in [5.41, 5.74) is 0. The summed E-state index contributed by atoms with van der Waals surface area (Å²) in [6, 6.07) is 0. The third kappa shape index (κ3) is 4.44. The number of thioether (sulfide) groups is 1. The topological polar surface area (TPSA) is 47.0 Å². The number of nitrogens with one attached hydrogen (secondary N) is 1. The van der Waals surface area contributed by atoms with Crippen LogP contribution >= 0.6 is 23.1 Å². The van der Waals surface area contributed by atoms with Gasteiger partial charge in [-0.1, -0.05) is 36.9 Å². The second-order valence-electron chi connectivity index (χ2n) is 4.59. The zero-order valence-electron chi connectivity index (χ0n) is 10.3. The molecule has 2 heterocycles. The van der Waals surface area contributed by atoms with Gasteiger partial charge in [-0.3, -0.25) is 0 Å². The van der Waals surface area contributed by atoms with Crippen LogP contribution < -0.4 is 5.32 Å². The van der Waals surface area contributed by atoms with Crippen molar-refractivity contribution in [2.75, 3.05) is 24.2 Å². The summed E-state index contributed by atoms with van der Waals surface area (Å²) in [5, 5.41) is 12.5. The van der Waals surface area contributed by atoms with Crippen molar-refractivity contribution in [3.05, 3.63) is 0 Å². The quantitative estimate of drug-likeness (QED) is 0.808. The number of ether oxygens (including phenoxy) is 1. The molecule has 4 nitrogen and oxygen atoms in total. The van der Waals surface area contributed by atoms with Crippen LogP contribution in [0.3, 0.4) is 0 Å². The summed E-state index contributed by atoms with van der Waals surface area (Å²) in [7, 11) is 0. The summed E-state index contributed by atoms with van der Waals surface area (Å²) in [6.07, 6.45) is 2.68. The first-order valence-corrected chi connectivity index (χ1v) is 7.86. The normalized spacial score (nSPS) is 20.1. The largest absolute Gasteiger partial charge is 0.376 e. The minimum atomic E-state index is 0.352. The van der Waals surface area contributed by atoms with E-state index in [4.69, 9.17) is 4.74 Å². The Kier molecular flexibility index (Phi) is 5.06. The Morgan fingerprint density at radius 3 is 3.12 bits per heavy atom. The average Bonchev–Trinajstić information content (AvgIpc) is 2.95. The average molecular weight is 273 g/mol. The smallest absolute Gasteiger partial charge is 0.206 e. The molecule has 2 rings (SSSR count). The van der Waals surface area contributed by atoms with Gasteiger partial charge in [0.2, 0.25) is 5.13 Å². The first-order chi connectivity index (χ1) is 8.24. The molecule has 0 bridgehead atoms. The molecule has 17 heavy (non-hydrogen) atoms. The molecule has 1 atom stereocenters. The predicted molar refractivity (Wildman–Crippen MR) is 72.9 cm³/mol. The van der Waals surface area contributed by atoms with Gasteiger partial charge in [-0.15, -0.1) is 10.2 Å². The third-order valence-corrected chi connectivity index (χ3v) is 4.89. The molecular weight excluding hydrogens is 254 g/mol. The van der Waals surface area contributed by atoms with Gasteiger partial charge in [0.05, 0.1) is 6.10 Å². The van der Waals surface area contributed by atoms with Gasteiger partial charge in [-0.2, -0.15) is 0 Å². The Morgan fingerprint density at radius 1 is 1.53 bits per heavy atom. The fourth-order valence-corrected chi connectivity index (χ4v) is 3.32. The Bertz CT molecular complexity index is 337. The maximum Gasteiger partial charge on any atom is 0.206 e. The molecule has 1 aliphatic rings. The second kappa shape index (κ2) is 6.56. The number of hydrogen-bond acceptors (Lipinski definition) is 6. The second-order valence-corrected chi connectivity index (χ2v) is 6.84. The van der Waals surface area contributed by atoms with E-state index >= 15 is 0 Å². The van der Waals surface area contributed by atoms with Gasteiger partial charge in [-0.25, -0.2) is 0 Å². The summed E-state index contributed by atoms with van der Waals surface area (Å²) in [6.45, 7) is 6.18. The Hall–Kier alpha value is -0.330. The number of aromatic nitrogens is 2. The molecule has 1 saturated heterocycles. The molecule has 0 spiro atoms. The van der Waals surface area contributed by atoms with E-state index in [1.165, 1.54) is 6.42 Å². The molecule has 1 aliphatic heterocycles. The maximum atomic E-state index is 5.55. The standard InChI is InChI=1S/C11H19N3OS2/c1-8(2)7-16-11-14-13-10(17-11)12-6-9-4-3-5-15-9/h8-9H,3-7H2,1-2H3,(H,12,13)/t9-/m0/s1. The van der Waals surface area contributed by atoms with Gasteiger partial charge in [0.15, 0.2) is 4.34 Å². The van der Waals surface area contributed by atoms with Crippen LogP contribution in [0.5, 0.6) is 0 Å². The van der Waals surface area contributed by atoms with E-state index in [1.54, 1.807) is 23.1 Å². The Balaban J connectivity index is 1.73. The highest BCUT2D eigenvalue weighted by atomic mass is 32.2. The molecule has 0 amide bonds. The van der Waals surface area contributed by atoms with Crippen molar-refractivity contribution in [3.8, 4) is 0 Å². The van der Waals surface area contributed by atoms with Gasteiger partial charge in [0.25, 0.3) is 0 Å². The van der Waals surface area contributed by atoms with Crippen molar-refractivity contribution in [1.82, 2.24) is 10.2 Å². The van der Waals surface area contributed by atoms with Gasteiger partial charge < -0.3 is 10.1 Å². The molecular formula is C11H19N3OS2. The van der Waals surface area contributed by atoms with Crippen molar-refractivity contribution in [2.24, 2.45) is 5.92 Å². The molecule has 0 radical (unpaired) electrons. The maximum absolute atomic E-state index is 5.55. The lowest BCUT2D eigenvalue weighted by molar-refractivity contribution is 0.120. The molecule has 96 valence electrons. The molecule has 6 heteroatoms. The Morgan fingerprint density at radius 2 is 2.41 bits per heavy atom. The van der Waals surface area contributed by atoms with Crippen molar-refractivity contribution >= 4 is 28.2 Å². The van der Waals surface area contributed by atoms with E-state index in [0.717, 1.165) is 34.8 Å². The molecule has 0 saturated carbocycles. The first kappa shape index (κ1) is 13.1. The highest BCUT2D eigenvalue weighted by Crippen LogP contribution is 2.27. The Labute approximate surface area is 111 Å². The fraction of sp³-hybridized carbons (Fsp3) is 0.818. The zero-order valence-corrected chi connectivity index (χ0v) is 11.9. The number of rotatable bonds is 6. The molecule has 0 aliphatic carbocycles. The van der Waals surface area contributed by atoms with Crippen molar-refractivity contribution < 1.29 is 4.74 Å². The van der Waals surface area contributed by atoms with Crippen molar-refractivity contribution in [1.29, 1.82) is 0 Å². The van der Waals surface area contributed by atoms with E-state index in [-0.39, 0.29) is 0 Å². The summed E-state index contributed by atoms with van der Waals surface area (Å²) in [4.78, 5) is 0. The van der Waals surface area contributed by atoms with Crippen LogP contribution in [0.2, 0.25) is 0 Å². The molecule has 1 N–H and O–H groups in total. The van der Waals surface area contributed by atoms with Crippen LogP contribution in [0.4, 0.5) is 5.13 Å². The van der Waals surface area contributed by atoms with Gasteiger partial charge in [-0.05, 0) is 18.8 Å². The number of hydrogen-bond donors (Lipinski definition) is 1. The van der Waals surface area contributed by atoms with Crippen LogP contribution in [-0.4, -0.2) is 35.2 Å². The van der Waals surface area contributed by atoms with Crippen LogP contribution in [-0.2, 0) is 4.74 Å². The summed E-state index contributed by atoms with van der Waals surface area (Å²) >= 11 is 3.41. The summed E-state index contributed by atoms with van der Waals surface area (Å²) in [5.74, 6) is 1.78. The molecule has 1 fully saturated rings. The number of nitrogens with zero attached hydrogens (tertiary/aromatic N) is 2. The van der Waals surface area contributed by atoms with Gasteiger partial charge in [0, 0.05) is 18.9 Å². The van der Waals surface area contributed by atoms with Crippen molar-refractivity contribution in [2.45, 2.75) is 37.1 Å². The minimum absolute atomic E-state index is 0.352. The van der Waals surface area contributed by atoms with E-state index in [1.807, 2.05) is 0 Å². The van der Waals surface area contributed by atoms with Crippen LogP contribution in [0.25, 0.3) is 0 Å². The lowest BCUT2D eigenvalue weighted by Crippen LogP contribution is -2.18. The highest BCUT2D eigenvalue weighted by molar-refractivity contribution is 8.01. The molecule has 0 unspecified atom stereocenters. The first-order valence-electron chi connectivity index (χ1n) is 6.06. The molecule has 1 aromatic rings. The highest BCUT2D eigenvalue weighted by Gasteiger charge is 2.15. The summed E-state index contributed by atoms with van der Waals surface area (Å²) < 4.78 is 6.60. The van der Waals surface area contributed by atoms with E-state index in [0.29, 0.717) is 12.0 Å². The molecule has 1 aromatic heterocycles. The molecule has 0 aromatic carbocycles. The minimum Gasteiger partial charge on any atom is -0.376 e. The number of anilines is 1. The van der Waals surface area contributed by atoms with Crippen molar-refractivity contribution in [3.63, 3.8) is 0 Å². The van der Waals surface area contributed by atoms with Crippen LogP contribution in [0.1, 0.15) is 26.7 Å². The van der Waals surface area contributed by atoms with Crippen LogP contribution in [0, 0.1) is 5.92 Å². The van der Waals surface area contributed by atoms with E-state index in [9.17, 15) is 0 Å². The van der Waals surface area contributed by atoms with E-state index in [2.05, 4.69) is 29.4 Å². The van der Waals surface area contributed by atoms with Gasteiger partial charge >= 0.3 is 0 Å².